The van der Waals surface area contributed by atoms with Gasteiger partial charge in [-0.3, -0.25) is 19.5 Å². The van der Waals surface area contributed by atoms with Crippen molar-refractivity contribution < 1.29 is 28.7 Å². The second-order valence-corrected chi connectivity index (χ2v) is 13.0. The van der Waals surface area contributed by atoms with Crippen LogP contribution < -0.4 is 10.2 Å². The van der Waals surface area contributed by atoms with Crippen molar-refractivity contribution in [1.82, 2.24) is 20.2 Å². The molecule has 3 aliphatic rings. The number of ether oxygens (including phenoxy) is 2. The molecule has 1 aromatic heterocycles. The van der Waals surface area contributed by atoms with Crippen LogP contribution in [0.5, 0.6) is 0 Å². The molecule has 3 atom stereocenters. The van der Waals surface area contributed by atoms with Crippen molar-refractivity contribution in [2.45, 2.75) is 56.4 Å². The Labute approximate surface area is 270 Å². The van der Waals surface area contributed by atoms with Gasteiger partial charge in [-0.15, -0.1) is 11.8 Å². The summed E-state index contributed by atoms with van der Waals surface area (Å²) in [5, 5.41) is 3.83. The zero-order valence-electron chi connectivity index (χ0n) is 25.5. The minimum Gasteiger partial charge on any atom is -0.451 e. The van der Waals surface area contributed by atoms with E-state index in [1.165, 1.54) is 40.2 Å². The molecule has 11 nitrogen and oxygen atoms in total. The largest absolute Gasteiger partial charge is 0.451 e. The Balaban J connectivity index is 1.31. The first kappa shape index (κ1) is 31.0. The lowest BCUT2D eigenvalue weighted by Crippen LogP contribution is -2.74. The molecule has 0 saturated carbocycles. The quantitative estimate of drug-likeness (QED) is 0.225. The highest BCUT2D eigenvalue weighted by Gasteiger charge is 2.56. The summed E-state index contributed by atoms with van der Waals surface area (Å²) in [6.07, 6.45) is 5.17. The fraction of sp³-hybridized carbons (Fsp3) is 0.294. The van der Waals surface area contributed by atoms with E-state index in [1.54, 1.807) is 32.3 Å². The molecule has 4 heterocycles. The Morgan fingerprint density at radius 3 is 2.30 bits per heavy atom. The van der Waals surface area contributed by atoms with Gasteiger partial charge in [0.15, 0.2) is 18.0 Å². The second-order valence-electron chi connectivity index (χ2n) is 12.0. The monoisotopic (exact) mass is 639 g/mol. The summed E-state index contributed by atoms with van der Waals surface area (Å²) in [4.78, 5) is 65.1. The van der Waals surface area contributed by atoms with E-state index in [9.17, 15) is 19.2 Å². The predicted octanol–water partition coefficient (Wildman–Crippen LogP) is 4.53. The number of hydrogen-bond acceptors (Lipinski definition) is 9. The Bertz CT molecular complexity index is 1650. The van der Waals surface area contributed by atoms with Crippen LogP contribution in [-0.2, 0) is 23.9 Å². The van der Waals surface area contributed by atoms with Crippen molar-refractivity contribution >= 4 is 41.5 Å². The van der Waals surface area contributed by atoms with Crippen LogP contribution in [0.1, 0.15) is 44.4 Å². The fourth-order valence-electron chi connectivity index (χ4n) is 5.57. The van der Waals surface area contributed by atoms with E-state index in [-0.39, 0.29) is 5.91 Å². The lowest BCUT2D eigenvalue weighted by Gasteiger charge is -2.51. The predicted molar refractivity (Wildman–Crippen MR) is 171 cm³/mol. The second kappa shape index (κ2) is 12.8. The zero-order chi connectivity index (χ0) is 32.4. The van der Waals surface area contributed by atoms with Crippen molar-refractivity contribution in [3.8, 4) is 0 Å². The van der Waals surface area contributed by atoms with E-state index in [1.807, 2.05) is 60.7 Å². The summed E-state index contributed by atoms with van der Waals surface area (Å²) in [7, 11) is 0. The lowest BCUT2D eigenvalue weighted by atomic mass is 9.95. The van der Waals surface area contributed by atoms with Crippen LogP contribution in [0.2, 0.25) is 0 Å². The number of rotatable bonds is 7. The molecule has 2 aromatic carbocycles. The minimum atomic E-state index is -1.16. The summed E-state index contributed by atoms with van der Waals surface area (Å²) < 4.78 is 11.6. The molecule has 0 unspecified atom stereocenters. The molecular weight excluding hydrogens is 606 g/mol. The molecule has 3 aromatic rings. The number of alkyl carbamates (subject to hydrolysis) is 1. The number of nitrogens with zero attached hydrogens (tertiary/aromatic N) is 4. The number of anilines is 1. The van der Waals surface area contributed by atoms with Crippen molar-refractivity contribution in [3.63, 3.8) is 0 Å². The van der Waals surface area contributed by atoms with Crippen LogP contribution in [0.15, 0.2) is 102 Å². The Morgan fingerprint density at radius 2 is 1.70 bits per heavy atom. The molecule has 0 bridgehead atoms. The molecule has 2 fully saturated rings. The van der Waals surface area contributed by atoms with Gasteiger partial charge in [-0.1, -0.05) is 60.7 Å². The van der Waals surface area contributed by atoms with E-state index in [0.717, 1.165) is 11.1 Å². The average molecular weight is 640 g/mol. The average Bonchev–Trinajstić information content (AvgIpc) is 3.41. The standard InChI is InChI=1S/C34H33N5O6S/c1-34(2,3)45-33(43)37-26-30(41)39-27(32(42)44-28(21-10-6-4-7-11-21)22-12-8-5-9-13-22)24(20-46-31(26)39)18-23-14-17-38(29(23)40)25-19-35-15-16-36-25/h4-13,15-16,18-20,26-28,31H,14,17H2,1-3H3,(H,37,43)/b23-18+/t26-,27-,31-/m1/s1. The summed E-state index contributed by atoms with van der Waals surface area (Å²) in [5.41, 5.74) is 1.68. The molecule has 3 amide bonds. The number of hydrogen-bond donors (Lipinski definition) is 1. The molecule has 3 aliphatic heterocycles. The highest BCUT2D eigenvalue weighted by Crippen LogP contribution is 2.42. The molecule has 6 rings (SSSR count). The van der Waals surface area contributed by atoms with Crippen LogP contribution in [0.4, 0.5) is 10.6 Å². The maximum absolute atomic E-state index is 14.2. The van der Waals surface area contributed by atoms with E-state index in [2.05, 4.69) is 15.3 Å². The van der Waals surface area contributed by atoms with Crippen LogP contribution in [0.25, 0.3) is 0 Å². The number of fused-ring (bicyclic) bond motifs is 1. The number of aromatic nitrogens is 2. The van der Waals surface area contributed by atoms with Crippen LogP contribution >= 0.6 is 11.8 Å². The summed E-state index contributed by atoms with van der Waals surface area (Å²) in [6, 6.07) is 16.6. The van der Waals surface area contributed by atoms with E-state index in [0.29, 0.717) is 29.9 Å². The summed E-state index contributed by atoms with van der Waals surface area (Å²) in [5.74, 6) is -0.941. The highest BCUT2D eigenvalue weighted by molar-refractivity contribution is 8.03. The van der Waals surface area contributed by atoms with Gasteiger partial charge in [-0.2, -0.15) is 0 Å². The van der Waals surface area contributed by atoms with Crippen LogP contribution in [0.3, 0.4) is 0 Å². The van der Waals surface area contributed by atoms with Gasteiger partial charge in [0, 0.05) is 24.5 Å². The van der Waals surface area contributed by atoms with Crippen molar-refractivity contribution in [3.05, 3.63) is 113 Å². The molecule has 0 aliphatic carbocycles. The Morgan fingerprint density at radius 1 is 1.02 bits per heavy atom. The third kappa shape index (κ3) is 6.38. The van der Waals surface area contributed by atoms with Gasteiger partial charge in [0.25, 0.3) is 5.91 Å². The molecule has 1 N–H and O–H groups in total. The van der Waals surface area contributed by atoms with Gasteiger partial charge in [0.2, 0.25) is 5.91 Å². The smallest absolute Gasteiger partial charge is 0.408 e. The SMILES string of the molecule is CC(C)(C)OC(=O)N[C@@H]1C(=O)N2[C@@H](C(=O)OC(c3ccccc3)c3ccccc3)C(/C=C3\CCN(c4cnccn4)C3=O)=CS[C@H]12. The van der Waals surface area contributed by atoms with Crippen molar-refractivity contribution in [2.24, 2.45) is 0 Å². The topological polar surface area (TPSA) is 131 Å². The molecule has 0 spiro atoms. The molecule has 0 radical (unpaired) electrons. The van der Waals surface area contributed by atoms with Crippen LogP contribution in [0, 0.1) is 0 Å². The number of carbonyl (C=O) groups is 4. The summed E-state index contributed by atoms with van der Waals surface area (Å²) >= 11 is 1.28. The Hall–Kier alpha value is -4.97. The van der Waals surface area contributed by atoms with Gasteiger partial charge >= 0.3 is 12.1 Å². The third-order valence-electron chi connectivity index (χ3n) is 7.64. The van der Waals surface area contributed by atoms with E-state index >= 15 is 0 Å². The summed E-state index contributed by atoms with van der Waals surface area (Å²) in [6.45, 7) is 5.60. The maximum atomic E-state index is 14.2. The number of esters is 1. The minimum absolute atomic E-state index is 0.258. The number of carbonyl (C=O) groups excluding carboxylic acids is 4. The van der Waals surface area contributed by atoms with Crippen LogP contribution in [-0.4, -0.2) is 68.3 Å². The fourth-order valence-corrected chi connectivity index (χ4v) is 6.76. The van der Waals surface area contributed by atoms with Gasteiger partial charge in [-0.05, 0) is 55.4 Å². The zero-order valence-corrected chi connectivity index (χ0v) is 26.3. The van der Waals surface area contributed by atoms with Crippen molar-refractivity contribution in [1.29, 1.82) is 0 Å². The lowest BCUT2D eigenvalue weighted by molar-refractivity contribution is -0.164. The van der Waals surface area contributed by atoms with E-state index < -0.39 is 47.1 Å². The number of β-lactam (4-membered cyclic amide) rings is 1. The molecule has 2 saturated heterocycles. The third-order valence-corrected chi connectivity index (χ3v) is 8.83. The number of nitrogens with one attached hydrogen (secondary N) is 1. The Kier molecular flexibility index (Phi) is 8.63. The first-order valence-corrected chi connectivity index (χ1v) is 15.8. The molecule has 46 heavy (non-hydrogen) atoms. The first-order chi connectivity index (χ1) is 22.1. The normalized spacial score (nSPS) is 21.9. The molecule has 236 valence electrons. The van der Waals surface area contributed by atoms with Crippen molar-refractivity contribution in [2.75, 3.05) is 11.4 Å². The number of thioether (sulfide) groups is 1. The van der Waals surface area contributed by atoms with E-state index in [4.69, 9.17) is 9.47 Å². The number of amides is 3. The maximum Gasteiger partial charge on any atom is 0.408 e. The highest BCUT2D eigenvalue weighted by atomic mass is 32.2. The molecule has 12 heteroatoms. The van der Waals surface area contributed by atoms with Gasteiger partial charge in [0.1, 0.15) is 17.0 Å². The van der Waals surface area contributed by atoms with Gasteiger partial charge in [0.05, 0.1) is 6.20 Å². The first-order valence-electron chi connectivity index (χ1n) is 14.9. The van der Waals surface area contributed by atoms with Gasteiger partial charge in [-0.25, -0.2) is 14.6 Å². The number of benzene rings is 2. The molecular formula is C34H33N5O6S. The van der Waals surface area contributed by atoms with Gasteiger partial charge < -0.3 is 19.7 Å².